The highest BCUT2D eigenvalue weighted by Gasteiger charge is 2.05. The zero-order valence-corrected chi connectivity index (χ0v) is 10.5. The van der Waals surface area contributed by atoms with Crippen LogP contribution < -0.4 is 10.6 Å². The Hall–Kier alpha value is -1.55. The highest BCUT2D eigenvalue weighted by Crippen LogP contribution is 2.18. The molecule has 17 heavy (non-hydrogen) atoms. The van der Waals surface area contributed by atoms with Gasteiger partial charge in [0.25, 0.3) is 0 Å². The van der Waals surface area contributed by atoms with Crippen LogP contribution in [0, 0.1) is 0 Å². The molecule has 2 N–H and O–H groups in total. The van der Waals surface area contributed by atoms with Crippen LogP contribution in [-0.2, 0) is 11.2 Å². The molecule has 1 aromatic rings. The van der Waals surface area contributed by atoms with Crippen LogP contribution >= 0.6 is 0 Å². The largest absolute Gasteiger partial charge is 0.493 e. The fraction of sp³-hybridized carbons (Fsp3) is 0.462. The van der Waals surface area contributed by atoms with E-state index in [2.05, 4.69) is 6.92 Å². The number of hydrazine groups is 1. The first-order valence-corrected chi connectivity index (χ1v) is 5.87. The number of amides is 1. The third kappa shape index (κ3) is 4.44. The molecule has 0 saturated carbocycles. The second-order valence-electron chi connectivity index (χ2n) is 3.92. The van der Waals surface area contributed by atoms with Gasteiger partial charge in [-0.1, -0.05) is 25.1 Å². The van der Waals surface area contributed by atoms with Crippen molar-refractivity contribution < 1.29 is 9.53 Å². The number of para-hydroxylation sites is 1. The lowest BCUT2D eigenvalue weighted by atomic mass is 10.1. The van der Waals surface area contributed by atoms with Crippen LogP contribution in [0.2, 0.25) is 0 Å². The van der Waals surface area contributed by atoms with Crippen LogP contribution in [0.4, 0.5) is 0 Å². The van der Waals surface area contributed by atoms with Crippen LogP contribution in [0.3, 0.4) is 0 Å². The number of ether oxygens (including phenoxy) is 1. The first-order valence-electron chi connectivity index (χ1n) is 5.87. The lowest BCUT2D eigenvalue weighted by molar-refractivity contribution is -0.130. The third-order valence-electron chi connectivity index (χ3n) is 2.54. The monoisotopic (exact) mass is 236 g/mol. The molecule has 0 aromatic heterocycles. The summed E-state index contributed by atoms with van der Waals surface area (Å²) >= 11 is 0. The average Bonchev–Trinajstić information content (AvgIpc) is 2.34. The van der Waals surface area contributed by atoms with Gasteiger partial charge >= 0.3 is 0 Å². The van der Waals surface area contributed by atoms with Crippen LogP contribution in [0.25, 0.3) is 0 Å². The molecule has 1 amide bonds. The molecular formula is C13H20N2O2. The van der Waals surface area contributed by atoms with E-state index in [4.69, 9.17) is 10.6 Å². The molecule has 4 heteroatoms. The molecule has 0 fully saturated rings. The molecule has 1 rings (SSSR count). The smallest absolute Gasteiger partial charge is 0.236 e. The fourth-order valence-corrected chi connectivity index (χ4v) is 1.52. The van der Waals surface area contributed by atoms with Crippen molar-refractivity contribution in [3.05, 3.63) is 29.8 Å². The standard InChI is InChI=1S/C13H20N2O2/c1-3-11-7-4-5-8-12(11)17-10-6-9-13(16)15(2)14/h4-5,7-8H,3,6,9-10,14H2,1-2H3. The molecule has 0 aliphatic carbocycles. The molecule has 1 aromatic carbocycles. The molecule has 0 unspecified atom stereocenters. The molecule has 0 bridgehead atoms. The summed E-state index contributed by atoms with van der Waals surface area (Å²) in [6, 6.07) is 7.95. The molecule has 0 spiro atoms. The maximum atomic E-state index is 11.2. The van der Waals surface area contributed by atoms with Gasteiger partial charge in [-0.15, -0.1) is 0 Å². The summed E-state index contributed by atoms with van der Waals surface area (Å²) in [5.74, 6) is 6.15. The zero-order chi connectivity index (χ0) is 12.7. The van der Waals surface area contributed by atoms with E-state index in [1.165, 1.54) is 5.56 Å². The SMILES string of the molecule is CCc1ccccc1OCCCC(=O)N(C)N. The Kier molecular flexibility index (Phi) is 5.49. The van der Waals surface area contributed by atoms with Gasteiger partial charge in [-0.25, -0.2) is 5.84 Å². The zero-order valence-electron chi connectivity index (χ0n) is 10.5. The van der Waals surface area contributed by atoms with Crippen LogP contribution in [0.5, 0.6) is 5.75 Å². The number of nitrogens with zero attached hydrogens (tertiary/aromatic N) is 1. The van der Waals surface area contributed by atoms with Gasteiger partial charge in [-0.2, -0.15) is 0 Å². The van der Waals surface area contributed by atoms with Crippen molar-refractivity contribution in [1.82, 2.24) is 5.01 Å². The van der Waals surface area contributed by atoms with Crippen LogP contribution in [0.15, 0.2) is 24.3 Å². The Morgan fingerprint density at radius 2 is 2.12 bits per heavy atom. The maximum Gasteiger partial charge on any atom is 0.236 e. The Morgan fingerprint density at radius 1 is 1.41 bits per heavy atom. The van der Waals surface area contributed by atoms with E-state index in [0.29, 0.717) is 19.4 Å². The second-order valence-corrected chi connectivity index (χ2v) is 3.92. The van der Waals surface area contributed by atoms with Gasteiger partial charge in [0.15, 0.2) is 0 Å². The second kappa shape index (κ2) is 6.91. The molecule has 0 radical (unpaired) electrons. The normalized spacial score (nSPS) is 10.1. The number of carbonyl (C=O) groups excluding carboxylic acids is 1. The van der Waals surface area contributed by atoms with Crippen LogP contribution in [0.1, 0.15) is 25.3 Å². The average molecular weight is 236 g/mol. The van der Waals surface area contributed by atoms with Crippen molar-refractivity contribution in [3.8, 4) is 5.75 Å². The topological polar surface area (TPSA) is 55.6 Å². The van der Waals surface area contributed by atoms with Gasteiger partial charge in [0.1, 0.15) is 5.75 Å². The van der Waals surface area contributed by atoms with Crippen molar-refractivity contribution >= 4 is 5.91 Å². The molecule has 0 aliphatic rings. The minimum Gasteiger partial charge on any atom is -0.493 e. The lowest BCUT2D eigenvalue weighted by Gasteiger charge is -2.11. The van der Waals surface area contributed by atoms with E-state index in [0.717, 1.165) is 17.2 Å². The Bertz CT molecular complexity index is 364. The molecule has 0 saturated heterocycles. The van der Waals surface area contributed by atoms with Gasteiger partial charge in [-0.05, 0) is 24.5 Å². The number of benzene rings is 1. The van der Waals surface area contributed by atoms with E-state index < -0.39 is 0 Å². The first kappa shape index (κ1) is 13.5. The Morgan fingerprint density at radius 3 is 2.76 bits per heavy atom. The fourth-order valence-electron chi connectivity index (χ4n) is 1.52. The van der Waals surface area contributed by atoms with E-state index >= 15 is 0 Å². The summed E-state index contributed by atoms with van der Waals surface area (Å²) < 4.78 is 5.65. The summed E-state index contributed by atoms with van der Waals surface area (Å²) in [4.78, 5) is 11.2. The van der Waals surface area contributed by atoms with Crippen LogP contribution in [-0.4, -0.2) is 24.6 Å². The highest BCUT2D eigenvalue weighted by molar-refractivity contribution is 5.75. The summed E-state index contributed by atoms with van der Waals surface area (Å²) in [6.45, 7) is 2.63. The third-order valence-corrected chi connectivity index (χ3v) is 2.54. The number of nitrogens with two attached hydrogens (primary N) is 1. The Labute approximate surface area is 102 Å². The van der Waals surface area contributed by atoms with Gasteiger partial charge in [0.2, 0.25) is 5.91 Å². The molecule has 0 atom stereocenters. The number of hydrogen-bond donors (Lipinski definition) is 1. The predicted molar refractivity (Wildman–Crippen MR) is 67.5 cm³/mol. The molecular weight excluding hydrogens is 216 g/mol. The van der Waals surface area contributed by atoms with Gasteiger partial charge in [0, 0.05) is 13.5 Å². The van der Waals surface area contributed by atoms with Crippen molar-refractivity contribution in [2.45, 2.75) is 26.2 Å². The van der Waals surface area contributed by atoms with E-state index in [1.807, 2.05) is 24.3 Å². The number of hydrogen-bond acceptors (Lipinski definition) is 3. The van der Waals surface area contributed by atoms with Gasteiger partial charge < -0.3 is 4.74 Å². The van der Waals surface area contributed by atoms with Gasteiger partial charge in [-0.3, -0.25) is 9.80 Å². The van der Waals surface area contributed by atoms with E-state index in [9.17, 15) is 4.79 Å². The summed E-state index contributed by atoms with van der Waals surface area (Å²) in [5, 5.41) is 1.11. The first-order chi connectivity index (χ1) is 8.15. The van der Waals surface area contributed by atoms with Crippen molar-refractivity contribution in [2.75, 3.05) is 13.7 Å². The van der Waals surface area contributed by atoms with E-state index in [1.54, 1.807) is 7.05 Å². The molecule has 0 heterocycles. The minimum absolute atomic E-state index is 0.0719. The maximum absolute atomic E-state index is 11.2. The summed E-state index contributed by atoms with van der Waals surface area (Å²) in [5.41, 5.74) is 1.19. The van der Waals surface area contributed by atoms with Crippen molar-refractivity contribution in [2.24, 2.45) is 5.84 Å². The summed E-state index contributed by atoms with van der Waals surface area (Å²) in [7, 11) is 1.55. The molecule has 4 nitrogen and oxygen atoms in total. The van der Waals surface area contributed by atoms with Gasteiger partial charge in [0.05, 0.1) is 6.61 Å². The number of rotatable bonds is 6. The van der Waals surface area contributed by atoms with Crippen molar-refractivity contribution in [1.29, 1.82) is 0 Å². The number of aryl methyl sites for hydroxylation is 1. The molecule has 94 valence electrons. The quantitative estimate of drug-likeness (QED) is 0.354. The highest BCUT2D eigenvalue weighted by atomic mass is 16.5. The lowest BCUT2D eigenvalue weighted by Crippen LogP contribution is -2.33. The van der Waals surface area contributed by atoms with Crippen molar-refractivity contribution in [3.63, 3.8) is 0 Å². The summed E-state index contributed by atoms with van der Waals surface area (Å²) in [6.07, 6.45) is 2.04. The Balaban J connectivity index is 2.33. The molecule has 0 aliphatic heterocycles. The number of carbonyl (C=O) groups is 1. The van der Waals surface area contributed by atoms with E-state index in [-0.39, 0.29) is 5.91 Å². The predicted octanol–water partition coefficient (Wildman–Crippen LogP) is 1.74. The minimum atomic E-state index is -0.0719.